The van der Waals surface area contributed by atoms with Crippen LogP contribution in [-0.4, -0.2) is 32.7 Å². The van der Waals surface area contributed by atoms with Crippen LogP contribution in [0.2, 0.25) is 0 Å². The molecule has 1 fully saturated rings. The van der Waals surface area contributed by atoms with E-state index in [1.54, 1.807) is 7.05 Å². The number of halogens is 1. The monoisotopic (exact) mass is 451 g/mol. The van der Waals surface area contributed by atoms with Gasteiger partial charge < -0.3 is 15.4 Å². The van der Waals surface area contributed by atoms with Crippen molar-refractivity contribution in [3.63, 3.8) is 0 Å². The normalized spacial score (nSPS) is 18.8. The van der Waals surface area contributed by atoms with E-state index in [1.165, 1.54) is 12.0 Å². The van der Waals surface area contributed by atoms with Gasteiger partial charge in [-0.15, -0.1) is 24.0 Å². The van der Waals surface area contributed by atoms with Gasteiger partial charge in [0.25, 0.3) is 0 Å². The SMILES string of the molecule is CN=C(NCCOc1ccccc1)NCC1CC1c1ccccc1.I. The highest BCUT2D eigenvalue weighted by molar-refractivity contribution is 14.0. The van der Waals surface area contributed by atoms with E-state index in [4.69, 9.17) is 4.74 Å². The fourth-order valence-electron chi connectivity index (χ4n) is 2.89. The van der Waals surface area contributed by atoms with Gasteiger partial charge in [0.05, 0.1) is 6.54 Å². The Morgan fingerprint density at radius 1 is 1.04 bits per heavy atom. The lowest BCUT2D eigenvalue weighted by Crippen LogP contribution is -2.40. The van der Waals surface area contributed by atoms with Crippen LogP contribution in [0.4, 0.5) is 0 Å². The molecule has 25 heavy (non-hydrogen) atoms. The highest BCUT2D eigenvalue weighted by atomic mass is 127. The molecular formula is C20H26IN3O. The van der Waals surface area contributed by atoms with Crippen LogP contribution in [-0.2, 0) is 0 Å². The average molecular weight is 451 g/mol. The van der Waals surface area contributed by atoms with Crippen LogP contribution >= 0.6 is 24.0 Å². The molecule has 0 bridgehead atoms. The average Bonchev–Trinajstić information content (AvgIpc) is 3.42. The van der Waals surface area contributed by atoms with E-state index in [1.807, 2.05) is 30.3 Å². The molecule has 2 unspecified atom stereocenters. The van der Waals surface area contributed by atoms with Crippen molar-refractivity contribution in [3.05, 3.63) is 66.2 Å². The molecule has 1 saturated carbocycles. The second-order valence-electron chi connectivity index (χ2n) is 6.05. The molecule has 0 aliphatic heterocycles. The first-order valence-corrected chi connectivity index (χ1v) is 8.54. The Labute approximate surface area is 167 Å². The molecule has 3 rings (SSSR count). The summed E-state index contributed by atoms with van der Waals surface area (Å²) in [7, 11) is 1.80. The number of rotatable bonds is 7. The molecule has 0 spiro atoms. The molecule has 4 nitrogen and oxygen atoms in total. The van der Waals surface area contributed by atoms with Crippen LogP contribution in [0.1, 0.15) is 17.9 Å². The lowest BCUT2D eigenvalue weighted by atomic mass is 10.1. The maximum absolute atomic E-state index is 5.67. The van der Waals surface area contributed by atoms with Gasteiger partial charge in [-0.3, -0.25) is 4.99 Å². The minimum atomic E-state index is 0. The van der Waals surface area contributed by atoms with Gasteiger partial charge in [0.15, 0.2) is 5.96 Å². The second kappa shape index (κ2) is 10.3. The topological polar surface area (TPSA) is 45.7 Å². The summed E-state index contributed by atoms with van der Waals surface area (Å²) in [6.07, 6.45) is 1.26. The van der Waals surface area contributed by atoms with Crippen molar-refractivity contribution in [2.45, 2.75) is 12.3 Å². The van der Waals surface area contributed by atoms with Crippen molar-refractivity contribution in [3.8, 4) is 5.75 Å². The molecule has 0 radical (unpaired) electrons. The van der Waals surface area contributed by atoms with Gasteiger partial charge >= 0.3 is 0 Å². The number of aliphatic imine (C=N–C) groups is 1. The standard InChI is InChI=1S/C20H25N3O.HI/c1-21-20(22-12-13-24-18-10-6-3-7-11-18)23-15-17-14-19(17)16-8-4-2-5-9-16;/h2-11,17,19H,12-15H2,1H3,(H2,21,22,23);1H. The number of nitrogens with zero attached hydrogens (tertiary/aromatic N) is 1. The Morgan fingerprint density at radius 3 is 2.40 bits per heavy atom. The molecule has 1 aliphatic rings. The predicted molar refractivity (Wildman–Crippen MR) is 114 cm³/mol. The third kappa shape index (κ3) is 6.23. The zero-order valence-corrected chi connectivity index (χ0v) is 16.9. The first-order valence-electron chi connectivity index (χ1n) is 8.54. The van der Waals surface area contributed by atoms with Gasteiger partial charge in [-0.2, -0.15) is 0 Å². The summed E-state index contributed by atoms with van der Waals surface area (Å²) in [6.45, 7) is 2.29. The third-order valence-corrected chi connectivity index (χ3v) is 4.31. The van der Waals surface area contributed by atoms with Crippen LogP contribution in [0.5, 0.6) is 5.75 Å². The maximum Gasteiger partial charge on any atom is 0.191 e. The van der Waals surface area contributed by atoms with E-state index in [0.717, 1.165) is 24.8 Å². The summed E-state index contributed by atoms with van der Waals surface area (Å²) < 4.78 is 5.67. The molecule has 1 aliphatic carbocycles. The molecule has 0 aromatic heterocycles. The Morgan fingerprint density at radius 2 is 1.72 bits per heavy atom. The fraction of sp³-hybridized carbons (Fsp3) is 0.350. The number of hydrogen-bond acceptors (Lipinski definition) is 2. The lowest BCUT2D eigenvalue weighted by molar-refractivity contribution is 0.322. The fourth-order valence-corrected chi connectivity index (χ4v) is 2.89. The molecule has 0 amide bonds. The van der Waals surface area contributed by atoms with Crippen LogP contribution < -0.4 is 15.4 Å². The largest absolute Gasteiger partial charge is 0.492 e. The molecule has 2 N–H and O–H groups in total. The van der Waals surface area contributed by atoms with Gasteiger partial charge in [-0.25, -0.2) is 0 Å². The number of guanidine groups is 1. The van der Waals surface area contributed by atoms with Gasteiger partial charge in [0, 0.05) is 13.6 Å². The summed E-state index contributed by atoms with van der Waals surface area (Å²) in [5.74, 6) is 3.13. The van der Waals surface area contributed by atoms with Crippen LogP contribution in [0.25, 0.3) is 0 Å². The molecule has 0 heterocycles. The van der Waals surface area contributed by atoms with Crippen molar-refractivity contribution in [2.75, 3.05) is 26.7 Å². The second-order valence-corrected chi connectivity index (χ2v) is 6.05. The lowest BCUT2D eigenvalue weighted by Gasteiger charge is -2.12. The van der Waals surface area contributed by atoms with Crippen molar-refractivity contribution < 1.29 is 4.74 Å². The van der Waals surface area contributed by atoms with E-state index in [-0.39, 0.29) is 24.0 Å². The minimum Gasteiger partial charge on any atom is -0.492 e. The van der Waals surface area contributed by atoms with Gasteiger partial charge in [0.2, 0.25) is 0 Å². The number of hydrogen-bond donors (Lipinski definition) is 2. The highest BCUT2D eigenvalue weighted by Gasteiger charge is 2.37. The van der Waals surface area contributed by atoms with Crippen LogP contribution in [0, 0.1) is 5.92 Å². The van der Waals surface area contributed by atoms with Gasteiger partial charge in [0.1, 0.15) is 12.4 Å². The van der Waals surface area contributed by atoms with E-state index in [9.17, 15) is 0 Å². The molecule has 2 atom stereocenters. The molecule has 2 aromatic rings. The highest BCUT2D eigenvalue weighted by Crippen LogP contribution is 2.46. The summed E-state index contributed by atoms with van der Waals surface area (Å²) >= 11 is 0. The van der Waals surface area contributed by atoms with E-state index >= 15 is 0 Å². The van der Waals surface area contributed by atoms with E-state index < -0.39 is 0 Å². The van der Waals surface area contributed by atoms with Crippen LogP contribution in [0.15, 0.2) is 65.7 Å². The van der Waals surface area contributed by atoms with Gasteiger partial charge in [-0.05, 0) is 36.0 Å². The van der Waals surface area contributed by atoms with Gasteiger partial charge in [-0.1, -0.05) is 48.5 Å². The molecular weight excluding hydrogens is 425 g/mol. The molecule has 134 valence electrons. The van der Waals surface area contributed by atoms with Crippen molar-refractivity contribution in [2.24, 2.45) is 10.9 Å². The third-order valence-electron chi connectivity index (χ3n) is 4.31. The Balaban J connectivity index is 0.00000225. The Hall–Kier alpha value is -1.76. The first kappa shape index (κ1) is 19.6. The van der Waals surface area contributed by atoms with Crippen molar-refractivity contribution >= 4 is 29.9 Å². The number of benzene rings is 2. The summed E-state index contributed by atoms with van der Waals surface area (Å²) in [5.41, 5.74) is 1.45. The van der Waals surface area contributed by atoms with E-state index in [0.29, 0.717) is 18.4 Å². The zero-order chi connectivity index (χ0) is 16.6. The van der Waals surface area contributed by atoms with Crippen molar-refractivity contribution in [1.29, 1.82) is 0 Å². The van der Waals surface area contributed by atoms with E-state index in [2.05, 4.69) is 46.0 Å². The Kier molecular flexibility index (Phi) is 8.04. The summed E-state index contributed by atoms with van der Waals surface area (Å²) in [6, 6.07) is 20.6. The molecule has 0 saturated heterocycles. The quantitative estimate of drug-likeness (QED) is 0.293. The zero-order valence-electron chi connectivity index (χ0n) is 14.5. The van der Waals surface area contributed by atoms with Crippen LogP contribution in [0.3, 0.4) is 0 Å². The molecule has 5 heteroatoms. The first-order chi connectivity index (χ1) is 11.9. The Bertz CT molecular complexity index is 649. The number of nitrogens with one attached hydrogen (secondary N) is 2. The maximum atomic E-state index is 5.67. The summed E-state index contributed by atoms with van der Waals surface area (Å²) in [4.78, 5) is 4.27. The number of para-hydroxylation sites is 1. The smallest absolute Gasteiger partial charge is 0.191 e. The van der Waals surface area contributed by atoms with Crippen molar-refractivity contribution in [1.82, 2.24) is 10.6 Å². The number of ether oxygens (including phenoxy) is 1. The molecule has 2 aromatic carbocycles. The predicted octanol–water partition coefficient (Wildman–Crippen LogP) is 3.65. The summed E-state index contributed by atoms with van der Waals surface area (Å²) in [5, 5.41) is 6.70. The minimum absolute atomic E-state index is 0.